The van der Waals surface area contributed by atoms with E-state index in [1.165, 1.54) is 27.8 Å². The number of nitrogens with zero attached hydrogens (tertiary/aromatic N) is 1. The van der Waals surface area contributed by atoms with Gasteiger partial charge in [0.05, 0.1) is 6.04 Å². The highest BCUT2D eigenvalue weighted by Crippen LogP contribution is 2.35. The van der Waals surface area contributed by atoms with Gasteiger partial charge in [0.1, 0.15) is 6.04 Å². The molecule has 2 atom stereocenters. The molecule has 3 aromatic carbocycles. The van der Waals surface area contributed by atoms with Crippen molar-refractivity contribution in [2.45, 2.75) is 32.5 Å². The Morgan fingerprint density at radius 1 is 0.778 bits per heavy atom. The van der Waals surface area contributed by atoms with Crippen molar-refractivity contribution in [1.82, 2.24) is 10.6 Å². The fraction of sp³-hybridized carbons (Fsp3) is 0.208. The van der Waals surface area contributed by atoms with Gasteiger partial charge in [-0.1, -0.05) is 90.0 Å². The molecule has 3 heteroatoms. The van der Waals surface area contributed by atoms with Gasteiger partial charge in [-0.2, -0.15) is 0 Å². The lowest BCUT2D eigenvalue weighted by Gasteiger charge is -2.20. The van der Waals surface area contributed by atoms with Gasteiger partial charge in [0, 0.05) is 6.54 Å². The van der Waals surface area contributed by atoms with E-state index in [2.05, 4.69) is 97.3 Å². The second-order valence-electron chi connectivity index (χ2n) is 7.21. The first-order valence-electron chi connectivity index (χ1n) is 9.44. The van der Waals surface area contributed by atoms with Gasteiger partial charge in [-0.25, -0.2) is 4.99 Å². The molecule has 0 aliphatic carbocycles. The van der Waals surface area contributed by atoms with Crippen LogP contribution >= 0.6 is 0 Å². The number of guanidine groups is 1. The molecule has 2 N–H and O–H groups in total. The van der Waals surface area contributed by atoms with E-state index < -0.39 is 0 Å². The largest absolute Gasteiger partial charge is 0.352 e. The lowest BCUT2D eigenvalue weighted by molar-refractivity contribution is 0.570. The molecule has 0 spiro atoms. The molecule has 1 heterocycles. The molecule has 3 aromatic rings. The summed E-state index contributed by atoms with van der Waals surface area (Å²) in [6, 6.07) is 28.0. The predicted molar refractivity (Wildman–Crippen MR) is 112 cm³/mol. The van der Waals surface area contributed by atoms with E-state index >= 15 is 0 Å². The lowest BCUT2D eigenvalue weighted by Crippen LogP contribution is -2.35. The molecule has 0 unspecified atom stereocenters. The second-order valence-corrected chi connectivity index (χ2v) is 7.21. The highest BCUT2D eigenvalue weighted by Gasteiger charge is 2.31. The summed E-state index contributed by atoms with van der Waals surface area (Å²) < 4.78 is 0. The summed E-state index contributed by atoms with van der Waals surface area (Å²) in [7, 11) is 0. The number of rotatable bonds is 4. The van der Waals surface area contributed by atoms with E-state index in [1.807, 2.05) is 6.07 Å². The standard InChI is InChI=1S/C24H25N3/c1-17-8-12-20(13-9-17)22-23(21-14-10-18(2)11-15-21)27-24(26-22)25-16-19-6-4-3-5-7-19/h3-15,22-23H,16H2,1-2H3,(H2,25,26,27)/t22-,23+. The molecule has 0 saturated heterocycles. The van der Waals surface area contributed by atoms with Gasteiger partial charge in [-0.05, 0) is 30.5 Å². The van der Waals surface area contributed by atoms with Crippen LogP contribution in [0, 0.1) is 13.8 Å². The summed E-state index contributed by atoms with van der Waals surface area (Å²) in [6.07, 6.45) is 0. The van der Waals surface area contributed by atoms with Gasteiger partial charge < -0.3 is 10.6 Å². The first kappa shape index (κ1) is 17.3. The third-order valence-corrected chi connectivity index (χ3v) is 5.03. The van der Waals surface area contributed by atoms with Gasteiger partial charge in [0.25, 0.3) is 0 Å². The molecule has 0 aromatic heterocycles. The first-order valence-corrected chi connectivity index (χ1v) is 9.44. The Balaban J connectivity index is 1.58. The third kappa shape index (κ3) is 4.03. The van der Waals surface area contributed by atoms with E-state index in [9.17, 15) is 0 Å². The summed E-state index contributed by atoms with van der Waals surface area (Å²) >= 11 is 0. The number of hydrogen-bond acceptors (Lipinski definition) is 3. The highest BCUT2D eigenvalue weighted by molar-refractivity contribution is 5.82. The smallest absolute Gasteiger partial charge is 0.192 e. The maximum atomic E-state index is 4.98. The Kier molecular flexibility index (Phi) is 4.93. The Morgan fingerprint density at radius 3 is 2.00 bits per heavy atom. The average molecular weight is 355 g/mol. The molecule has 0 bridgehead atoms. The maximum absolute atomic E-state index is 4.98. The Labute approximate surface area is 161 Å². The Bertz CT molecular complexity index is 912. The predicted octanol–water partition coefficient (Wildman–Crippen LogP) is 4.83. The molecule has 1 aliphatic rings. The molecule has 136 valence electrons. The van der Waals surface area contributed by atoms with Crippen molar-refractivity contribution >= 4 is 5.96 Å². The third-order valence-electron chi connectivity index (χ3n) is 5.03. The molecule has 1 aliphatic heterocycles. The summed E-state index contributed by atoms with van der Waals surface area (Å²) in [6.45, 7) is 4.99. The normalized spacial score (nSPS) is 18.7. The quantitative estimate of drug-likeness (QED) is 0.703. The van der Waals surface area contributed by atoms with Gasteiger partial charge in [0.15, 0.2) is 5.96 Å². The minimum absolute atomic E-state index is 0.0616. The number of hydrogen-bond donors (Lipinski definition) is 2. The van der Waals surface area contributed by atoms with E-state index in [0.717, 1.165) is 12.5 Å². The van der Waals surface area contributed by atoms with Crippen molar-refractivity contribution in [2.75, 3.05) is 0 Å². The second kappa shape index (κ2) is 7.67. The fourth-order valence-electron chi connectivity index (χ4n) is 3.43. The zero-order chi connectivity index (χ0) is 18.6. The molecule has 4 rings (SSSR count). The van der Waals surface area contributed by atoms with Crippen molar-refractivity contribution in [3.63, 3.8) is 0 Å². The van der Waals surface area contributed by atoms with Gasteiger partial charge in [0.2, 0.25) is 0 Å². The van der Waals surface area contributed by atoms with E-state index in [1.54, 1.807) is 0 Å². The number of benzene rings is 3. The van der Waals surface area contributed by atoms with E-state index in [-0.39, 0.29) is 12.1 Å². The number of aliphatic imine (C=N–C) groups is 1. The molecular weight excluding hydrogens is 330 g/mol. The summed E-state index contributed by atoms with van der Waals surface area (Å²) in [5, 5.41) is 7.06. The van der Waals surface area contributed by atoms with Crippen molar-refractivity contribution in [3.05, 3.63) is 107 Å². The van der Waals surface area contributed by atoms with Crippen LogP contribution in [-0.2, 0) is 6.54 Å². The van der Waals surface area contributed by atoms with Crippen LogP contribution in [0.25, 0.3) is 0 Å². The van der Waals surface area contributed by atoms with Crippen LogP contribution in [0.2, 0.25) is 0 Å². The summed E-state index contributed by atoms with van der Waals surface area (Å²) in [5.74, 6) is 0.856. The lowest BCUT2D eigenvalue weighted by atomic mass is 9.94. The maximum Gasteiger partial charge on any atom is 0.192 e. The summed E-state index contributed by atoms with van der Waals surface area (Å²) in [5.41, 5.74) is 6.27. The zero-order valence-corrected chi connectivity index (χ0v) is 15.8. The van der Waals surface area contributed by atoms with Gasteiger partial charge in [-0.15, -0.1) is 0 Å². The molecule has 3 nitrogen and oxygen atoms in total. The van der Waals surface area contributed by atoms with Gasteiger partial charge in [-0.3, -0.25) is 0 Å². The molecule has 27 heavy (non-hydrogen) atoms. The Morgan fingerprint density at radius 2 is 1.37 bits per heavy atom. The van der Waals surface area contributed by atoms with E-state index in [4.69, 9.17) is 4.99 Å². The minimum Gasteiger partial charge on any atom is -0.352 e. The highest BCUT2D eigenvalue weighted by atomic mass is 15.3. The topological polar surface area (TPSA) is 36.4 Å². The molecule has 0 fully saturated rings. The fourth-order valence-corrected chi connectivity index (χ4v) is 3.43. The monoisotopic (exact) mass is 355 g/mol. The minimum atomic E-state index is 0.0616. The van der Waals surface area contributed by atoms with Crippen molar-refractivity contribution < 1.29 is 0 Å². The van der Waals surface area contributed by atoms with Crippen LogP contribution in [0.4, 0.5) is 0 Å². The molecule has 0 amide bonds. The molecular formula is C24H25N3. The van der Waals surface area contributed by atoms with Crippen LogP contribution in [0.3, 0.4) is 0 Å². The van der Waals surface area contributed by atoms with Crippen LogP contribution < -0.4 is 10.6 Å². The molecule has 0 saturated carbocycles. The number of aryl methyl sites for hydroxylation is 2. The Hall–Kier alpha value is -3.07. The van der Waals surface area contributed by atoms with Crippen LogP contribution in [0.1, 0.15) is 39.9 Å². The van der Waals surface area contributed by atoms with Crippen LogP contribution in [-0.4, -0.2) is 5.96 Å². The van der Waals surface area contributed by atoms with Crippen molar-refractivity contribution in [3.8, 4) is 0 Å². The van der Waals surface area contributed by atoms with E-state index in [0.29, 0.717) is 0 Å². The van der Waals surface area contributed by atoms with Crippen LogP contribution in [0.5, 0.6) is 0 Å². The van der Waals surface area contributed by atoms with Crippen molar-refractivity contribution in [2.24, 2.45) is 4.99 Å². The zero-order valence-electron chi connectivity index (χ0n) is 15.8. The van der Waals surface area contributed by atoms with Crippen molar-refractivity contribution in [1.29, 1.82) is 0 Å². The summed E-state index contributed by atoms with van der Waals surface area (Å²) in [4.78, 5) is 4.98. The average Bonchev–Trinajstić information content (AvgIpc) is 3.13. The van der Waals surface area contributed by atoms with Gasteiger partial charge >= 0.3 is 0 Å². The number of nitrogens with one attached hydrogen (secondary N) is 2. The van der Waals surface area contributed by atoms with Crippen LogP contribution in [0.15, 0.2) is 83.9 Å². The first-order chi connectivity index (χ1) is 13.2. The SMILES string of the molecule is Cc1ccc([C@H]2NC(NCc3ccccc3)=N[C@H]2c2ccc(C)cc2)cc1. The molecule has 0 radical (unpaired) electrons.